The summed E-state index contributed by atoms with van der Waals surface area (Å²) in [7, 11) is 0. The Hall–Kier alpha value is -3.53. The van der Waals surface area contributed by atoms with E-state index in [-0.39, 0.29) is 28.4 Å². The lowest BCUT2D eigenvalue weighted by atomic mass is 10.0. The zero-order chi connectivity index (χ0) is 22.1. The van der Waals surface area contributed by atoms with Crippen LogP contribution in [0.25, 0.3) is 11.3 Å². The van der Waals surface area contributed by atoms with Crippen molar-refractivity contribution in [3.63, 3.8) is 0 Å². The molecule has 1 unspecified atom stereocenters. The Morgan fingerprint density at radius 2 is 1.97 bits per heavy atom. The monoisotopic (exact) mass is 438 g/mol. The first-order chi connectivity index (χ1) is 14.9. The zero-order valence-corrected chi connectivity index (χ0v) is 17.8. The molecule has 3 aromatic rings. The molecule has 4 rings (SSSR count). The molecule has 0 spiro atoms. The number of nitrogens with zero attached hydrogens (tertiary/aromatic N) is 4. The molecule has 9 nitrogen and oxygen atoms in total. The predicted octanol–water partition coefficient (Wildman–Crippen LogP) is 3.05. The van der Waals surface area contributed by atoms with E-state index in [0.29, 0.717) is 16.4 Å². The first kappa shape index (κ1) is 20.7. The molecule has 31 heavy (non-hydrogen) atoms. The molecular formula is C21H20N5O4S+. The van der Waals surface area contributed by atoms with Crippen molar-refractivity contribution in [3.05, 3.63) is 74.6 Å². The van der Waals surface area contributed by atoms with Gasteiger partial charge in [0.1, 0.15) is 5.56 Å². The van der Waals surface area contributed by atoms with Gasteiger partial charge in [0, 0.05) is 23.8 Å². The molecule has 1 aliphatic heterocycles. The molecule has 1 atom stereocenters. The minimum absolute atomic E-state index is 0.151. The number of fused-ring (bicyclic) bond motifs is 3. The standard InChI is InChI=1S/C21H19N5O4S/c1-3-12-31-21-22-19(28)18-14-8-4-6-10-16(14)24(13(2)27)20(25(18)23-21)15-9-5-7-11-17(15)26(29)30/h4-11,20H,3,12H2,1-2H3/p+1. The summed E-state index contributed by atoms with van der Waals surface area (Å²) < 4.78 is 1.43. The minimum Gasteiger partial charge on any atom is -0.291 e. The highest BCUT2D eigenvalue weighted by Crippen LogP contribution is 2.39. The maximum Gasteiger partial charge on any atom is 0.325 e. The smallest absolute Gasteiger partial charge is 0.291 e. The molecule has 0 radical (unpaired) electrons. The molecule has 1 aromatic heterocycles. The second-order valence-electron chi connectivity index (χ2n) is 7.00. The summed E-state index contributed by atoms with van der Waals surface area (Å²) >= 11 is 1.38. The molecule has 0 fully saturated rings. The highest BCUT2D eigenvalue weighted by molar-refractivity contribution is 7.99. The average Bonchev–Trinajstić information content (AvgIpc) is 2.76. The normalized spacial score (nSPS) is 14.6. The Labute approximate surface area is 181 Å². The number of hydrogen-bond acceptors (Lipinski definition) is 6. The van der Waals surface area contributed by atoms with Crippen LogP contribution in [-0.2, 0) is 4.79 Å². The number of aromatic nitrogens is 3. The van der Waals surface area contributed by atoms with E-state index in [9.17, 15) is 19.7 Å². The van der Waals surface area contributed by atoms with Gasteiger partial charge in [-0.3, -0.25) is 24.7 Å². The van der Waals surface area contributed by atoms with E-state index >= 15 is 0 Å². The number of nitrogens with one attached hydrogen (secondary N) is 1. The van der Waals surface area contributed by atoms with E-state index in [1.807, 2.05) is 6.92 Å². The number of aromatic amines is 1. The molecule has 0 saturated carbocycles. The Bertz CT molecular complexity index is 1240. The number of anilines is 1. The third-order valence-electron chi connectivity index (χ3n) is 4.95. The number of para-hydroxylation sites is 2. The Morgan fingerprint density at radius 3 is 2.68 bits per heavy atom. The van der Waals surface area contributed by atoms with Gasteiger partial charge >= 0.3 is 11.3 Å². The van der Waals surface area contributed by atoms with E-state index in [2.05, 4.69) is 10.1 Å². The quantitative estimate of drug-likeness (QED) is 0.284. The van der Waals surface area contributed by atoms with Crippen LogP contribution in [0.4, 0.5) is 11.4 Å². The fourth-order valence-corrected chi connectivity index (χ4v) is 4.44. The number of thioether (sulfide) groups is 1. The number of hydrogen-bond donors (Lipinski definition) is 1. The van der Waals surface area contributed by atoms with Crippen LogP contribution >= 0.6 is 11.8 Å². The summed E-state index contributed by atoms with van der Waals surface area (Å²) in [6.07, 6.45) is -0.0983. The van der Waals surface area contributed by atoms with Gasteiger partial charge in [0.25, 0.3) is 11.9 Å². The summed E-state index contributed by atoms with van der Waals surface area (Å²) in [5.74, 6) is 0.421. The summed E-state index contributed by atoms with van der Waals surface area (Å²) in [6.45, 7) is 3.41. The number of nitro groups is 1. The van der Waals surface area contributed by atoms with Gasteiger partial charge in [-0.25, -0.2) is 4.90 Å². The van der Waals surface area contributed by atoms with Gasteiger partial charge in [0.05, 0.1) is 16.2 Å². The summed E-state index contributed by atoms with van der Waals surface area (Å²) in [4.78, 5) is 41.5. The Morgan fingerprint density at radius 1 is 1.26 bits per heavy atom. The maximum absolute atomic E-state index is 13.1. The van der Waals surface area contributed by atoms with Gasteiger partial charge in [-0.15, -0.1) is 0 Å². The van der Waals surface area contributed by atoms with Crippen molar-refractivity contribution in [1.82, 2.24) is 10.1 Å². The van der Waals surface area contributed by atoms with Crippen molar-refractivity contribution >= 4 is 29.0 Å². The van der Waals surface area contributed by atoms with Crippen molar-refractivity contribution < 1.29 is 14.4 Å². The number of H-pyrrole nitrogens is 1. The number of carbonyl (C=O) groups excluding carboxylic acids is 1. The van der Waals surface area contributed by atoms with Crippen molar-refractivity contribution in [2.75, 3.05) is 10.7 Å². The van der Waals surface area contributed by atoms with Crippen molar-refractivity contribution in [2.24, 2.45) is 0 Å². The van der Waals surface area contributed by atoms with Gasteiger partial charge in [-0.1, -0.05) is 43.0 Å². The number of benzene rings is 2. The van der Waals surface area contributed by atoms with E-state index in [1.54, 1.807) is 42.5 Å². The van der Waals surface area contributed by atoms with Gasteiger partial charge in [-0.2, -0.15) is 0 Å². The number of rotatable bonds is 5. The van der Waals surface area contributed by atoms with Crippen LogP contribution in [0.3, 0.4) is 0 Å². The molecule has 10 heteroatoms. The molecule has 0 aliphatic carbocycles. The molecule has 0 saturated heterocycles. The van der Waals surface area contributed by atoms with Crippen LogP contribution in [0, 0.1) is 10.1 Å². The van der Waals surface area contributed by atoms with Crippen LogP contribution < -0.4 is 15.1 Å². The van der Waals surface area contributed by atoms with E-state index < -0.39 is 11.1 Å². The first-order valence-electron chi connectivity index (χ1n) is 9.75. The first-order valence-corrected chi connectivity index (χ1v) is 10.7. The largest absolute Gasteiger partial charge is 0.325 e. The molecular weight excluding hydrogens is 418 g/mol. The molecule has 1 amide bonds. The van der Waals surface area contributed by atoms with Crippen LogP contribution in [0.1, 0.15) is 32.0 Å². The highest BCUT2D eigenvalue weighted by atomic mass is 32.2. The van der Waals surface area contributed by atoms with Crippen molar-refractivity contribution in [2.45, 2.75) is 31.6 Å². The summed E-state index contributed by atoms with van der Waals surface area (Å²) in [5, 5.41) is 16.8. The fraction of sp³-hybridized carbons (Fsp3) is 0.238. The topological polar surface area (TPSA) is 113 Å². The predicted molar refractivity (Wildman–Crippen MR) is 116 cm³/mol. The van der Waals surface area contributed by atoms with Crippen LogP contribution in [0.5, 0.6) is 0 Å². The lowest BCUT2D eigenvalue weighted by Crippen LogP contribution is -2.60. The van der Waals surface area contributed by atoms with Crippen LogP contribution in [-0.4, -0.2) is 26.7 Å². The Balaban J connectivity index is 2.07. The Kier molecular flexibility index (Phi) is 5.55. The van der Waals surface area contributed by atoms with Gasteiger partial charge in [0.2, 0.25) is 11.1 Å². The third-order valence-corrected chi connectivity index (χ3v) is 6.02. The lowest BCUT2D eigenvalue weighted by Gasteiger charge is -2.31. The van der Waals surface area contributed by atoms with Crippen LogP contribution in [0.2, 0.25) is 0 Å². The van der Waals surface area contributed by atoms with Gasteiger partial charge in [-0.05, 0) is 29.3 Å². The summed E-state index contributed by atoms with van der Waals surface area (Å²) in [6, 6.07) is 13.2. The number of nitro benzene ring substituents is 1. The molecule has 2 aromatic carbocycles. The van der Waals surface area contributed by atoms with E-state index in [1.165, 1.54) is 34.3 Å². The molecule has 158 valence electrons. The summed E-state index contributed by atoms with van der Waals surface area (Å²) in [5.41, 5.74) is 1.03. The van der Waals surface area contributed by atoms with Crippen molar-refractivity contribution in [1.29, 1.82) is 0 Å². The number of carbonyl (C=O) groups is 1. The maximum atomic E-state index is 13.1. The highest BCUT2D eigenvalue weighted by Gasteiger charge is 2.47. The average molecular weight is 438 g/mol. The fourth-order valence-electron chi connectivity index (χ4n) is 3.73. The second-order valence-corrected chi connectivity index (χ2v) is 8.08. The van der Waals surface area contributed by atoms with E-state index in [0.717, 1.165) is 12.2 Å². The second kappa shape index (κ2) is 8.31. The van der Waals surface area contributed by atoms with Crippen molar-refractivity contribution in [3.8, 4) is 11.3 Å². The SMILES string of the molecule is CCCSc1n[n+]2c(c(=O)[nH]1)-c1ccccc1N(C(C)=O)C2c1ccccc1[N+](=O)[O-]. The van der Waals surface area contributed by atoms with Gasteiger partial charge in [0.15, 0.2) is 0 Å². The third kappa shape index (κ3) is 3.59. The lowest BCUT2D eigenvalue weighted by molar-refractivity contribution is -0.763. The zero-order valence-electron chi connectivity index (χ0n) is 16.9. The van der Waals surface area contributed by atoms with E-state index in [4.69, 9.17) is 0 Å². The molecule has 1 aliphatic rings. The minimum atomic E-state index is -0.979. The molecule has 1 N–H and O–H groups in total. The molecule has 2 heterocycles. The molecule has 0 bridgehead atoms. The van der Waals surface area contributed by atoms with Gasteiger partial charge < -0.3 is 0 Å². The van der Waals surface area contributed by atoms with Crippen LogP contribution in [0.15, 0.2) is 58.5 Å². The number of amides is 1.